The average Bonchev–Trinajstić information content (AvgIpc) is 3.27. The molecule has 1 aromatic heterocycles. The monoisotopic (exact) mass is 507 g/mol. The minimum Gasteiger partial charge on any atom is -0.493 e. The Kier molecular flexibility index (Phi) is 7.86. The van der Waals surface area contributed by atoms with E-state index in [0.717, 1.165) is 29.2 Å². The van der Waals surface area contributed by atoms with Gasteiger partial charge in [0.2, 0.25) is 11.5 Å². The van der Waals surface area contributed by atoms with E-state index < -0.39 is 23.2 Å². The van der Waals surface area contributed by atoms with Crippen LogP contribution in [0, 0.1) is 18.6 Å². The molecule has 1 N–H and O–H groups in total. The summed E-state index contributed by atoms with van der Waals surface area (Å²) in [4.78, 5) is 16.7. The molecule has 0 aliphatic carbocycles. The number of hydrogen-bond acceptors (Lipinski definition) is 5. The Morgan fingerprint density at radius 2 is 1.70 bits per heavy atom. The van der Waals surface area contributed by atoms with Gasteiger partial charge in [-0.3, -0.25) is 0 Å². The van der Waals surface area contributed by atoms with E-state index in [2.05, 4.69) is 4.98 Å². The van der Waals surface area contributed by atoms with Gasteiger partial charge in [-0.2, -0.15) is 0 Å². The van der Waals surface area contributed by atoms with Gasteiger partial charge in [0, 0.05) is 24.5 Å². The first-order chi connectivity index (χ1) is 17.8. The van der Waals surface area contributed by atoms with E-state index in [1.54, 1.807) is 31.2 Å². The molecule has 3 aromatic carbocycles. The second-order valence-corrected chi connectivity index (χ2v) is 8.64. The molecule has 0 amide bonds. The summed E-state index contributed by atoms with van der Waals surface area (Å²) in [7, 11) is 0. The van der Waals surface area contributed by atoms with E-state index in [4.69, 9.17) is 13.9 Å². The number of aromatic nitrogens is 1. The Hall–Kier alpha value is -4.20. The van der Waals surface area contributed by atoms with Gasteiger partial charge < -0.3 is 19.0 Å². The molecule has 0 fully saturated rings. The predicted octanol–water partition coefficient (Wildman–Crippen LogP) is 6.40. The van der Waals surface area contributed by atoms with Crippen LogP contribution in [0.25, 0.3) is 11.5 Å². The third kappa shape index (κ3) is 6.14. The molecule has 6 nitrogen and oxygen atoms in total. The molecular weight excluding hydrogens is 480 g/mol. The highest BCUT2D eigenvalue weighted by atomic mass is 19.2. The number of oxazole rings is 1. The molecule has 4 rings (SSSR count). The van der Waals surface area contributed by atoms with Crippen LogP contribution in [0.5, 0.6) is 11.5 Å². The fourth-order valence-electron chi connectivity index (χ4n) is 3.93. The maximum Gasteiger partial charge on any atom is 0.348 e. The molecule has 0 saturated heterocycles. The lowest BCUT2D eigenvalue weighted by Crippen LogP contribution is -2.46. The van der Waals surface area contributed by atoms with Gasteiger partial charge in [0.15, 0.2) is 11.6 Å². The number of halogens is 2. The minimum absolute atomic E-state index is 0.0263. The molecule has 8 heteroatoms. The third-order valence-electron chi connectivity index (χ3n) is 6.10. The Labute approximate surface area is 213 Å². The lowest BCUT2D eigenvalue weighted by atomic mass is 9.91. The Morgan fingerprint density at radius 1 is 1.00 bits per heavy atom. The molecule has 1 unspecified atom stereocenters. The van der Waals surface area contributed by atoms with Crippen molar-refractivity contribution in [3.8, 4) is 23.0 Å². The standard InChI is InChI=1S/C29H27F2NO5/c1-3-29(28(33)34,37-23-13-14-24(30)25(31)17-23)18-20-9-11-22(12-10-20)35-16-15-26-19(2)36-27(32-26)21-7-5-4-6-8-21/h4-14,17H,3,15-16,18H2,1-2H3,(H,33,34). The van der Waals surface area contributed by atoms with Crippen molar-refractivity contribution in [2.24, 2.45) is 0 Å². The zero-order valence-corrected chi connectivity index (χ0v) is 20.5. The van der Waals surface area contributed by atoms with E-state index in [1.807, 2.05) is 37.3 Å². The summed E-state index contributed by atoms with van der Waals surface area (Å²) < 4.78 is 44.2. The number of aryl methyl sites for hydroxylation is 1. The Morgan fingerprint density at radius 3 is 2.35 bits per heavy atom. The van der Waals surface area contributed by atoms with Crippen LogP contribution < -0.4 is 9.47 Å². The van der Waals surface area contributed by atoms with Crippen molar-refractivity contribution in [3.63, 3.8) is 0 Å². The predicted molar refractivity (Wildman–Crippen MR) is 134 cm³/mol. The summed E-state index contributed by atoms with van der Waals surface area (Å²) in [6.07, 6.45) is 0.698. The van der Waals surface area contributed by atoms with Gasteiger partial charge in [-0.25, -0.2) is 18.6 Å². The topological polar surface area (TPSA) is 81.8 Å². The van der Waals surface area contributed by atoms with Crippen molar-refractivity contribution in [2.75, 3.05) is 6.61 Å². The number of ether oxygens (including phenoxy) is 2. The van der Waals surface area contributed by atoms with Crippen molar-refractivity contribution in [3.05, 3.63) is 101 Å². The van der Waals surface area contributed by atoms with Crippen LogP contribution in [-0.4, -0.2) is 28.3 Å². The summed E-state index contributed by atoms with van der Waals surface area (Å²) in [6.45, 7) is 3.92. The van der Waals surface area contributed by atoms with E-state index in [9.17, 15) is 18.7 Å². The van der Waals surface area contributed by atoms with Crippen LogP contribution in [0.3, 0.4) is 0 Å². The number of carboxylic acids is 1. The summed E-state index contributed by atoms with van der Waals surface area (Å²) in [5.41, 5.74) is 0.776. The van der Waals surface area contributed by atoms with Gasteiger partial charge in [-0.1, -0.05) is 37.3 Å². The molecule has 0 radical (unpaired) electrons. The van der Waals surface area contributed by atoms with Crippen molar-refractivity contribution < 1.29 is 32.6 Å². The van der Waals surface area contributed by atoms with E-state index in [1.165, 1.54) is 6.07 Å². The molecule has 1 heterocycles. The van der Waals surface area contributed by atoms with E-state index >= 15 is 0 Å². The van der Waals surface area contributed by atoms with Crippen LogP contribution in [-0.2, 0) is 17.6 Å². The zero-order valence-electron chi connectivity index (χ0n) is 20.5. The molecule has 0 aliphatic rings. The fourth-order valence-corrected chi connectivity index (χ4v) is 3.93. The Bertz CT molecular complexity index is 1350. The third-order valence-corrected chi connectivity index (χ3v) is 6.10. The first kappa shape index (κ1) is 25.9. The number of benzene rings is 3. The molecule has 0 bridgehead atoms. The number of hydrogen-bond donors (Lipinski definition) is 1. The largest absolute Gasteiger partial charge is 0.493 e. The number of aliphatic carboxylic acids is 1. The minimum atomic E-state index is -1.65. The molecule has 0 spiro atoms. The fraction of sp³-hybridized carbons (Fsp3) is 0.241. The summed E-state index contributed by atoms with van der Waals surface area (Å²) >= 11 is 0. The molecule has 1 atom stereocenters. The van der Waals surface area contributed by atoms with E-state index in [-0.39, 0.29) is 18.6 Å². The highest BCUT2D eigenvalue weighted by Crippen LogP contribution is 2.28. The van der Waals surface area contributed by atoms with Crippen molar-refractivity contribution >= 4 is 5.97 Å². The number of rotatable bonds is 11. The number of carboxylic acid groups (broad SMARTS) is 1. The SMILES string of the molecule is CCC(Cc1ccc(OCCc2nc(-c3ccccc3)oc2C)cc1)(Oc1ccc(F)c(F)c1)C(=O)O. The molecule has 192 valence electrons. The normalized spacial score (nSPS) is 12.6. The summed E-state index contributed by atoms with van der Waals surface area (Å²) in [5, 5.41) is 9.92. The van der Waals surface area contributed by atoms with Gasteiger partial charge in [-0.15, -0.1) is 0 Å². The second-order valence-electron chi connectivity index (χ2n) is 8.64. The smallest absolute Gasteiger partial charge is 0.348 e. The lowest BCUT2D eigenvalue weighted by molar-refractivity contribution is -0.155. The quantitative estimate of drug-likeness (QED) is 0.253. The van der Waals surface area contributed by atoms with Crippen molar-refractivity contribution in [2.45, 2.75) is 38.7 Å². The molecule has 37 heavy (non-hydrogen) atoms. The average molecular weight is 508 g/mol. The number of nitrogens with zero attached hydrogens (tertiary/aromatic N) is 1. The molecule has 4 aromatic rings. The van der Waals surface area contributed by atoms with Gasteiger partial charge in [0.05, 0.1) is 12.3 Å². The highest BCUT2D eigenvalue weighted by molar-refractivity contribution is 5.78. The summed E-state index contributed by atoms with van der Waals surface area (Å²) in [5.74, 6) is -1.46. The highest BCUT2D eigenvalue weighted by Gasteiger charge is 2.39. The maximum atomic E-state index is 13.6. The van der Waals surface area contributed by atoms with Crippen LogP contribution in [0.15, 0.2) is 77.2 Å². The van der Waals surface area contributed by atoms with E-state index in [0.29, 0.717) is 30.2 Å². The van der Waals surface area contributed by atoms with Crippen molar-refractivity contribution in [1.29, 1.82) is 0 Å². The van der Waals surface area contributed by atoms with Crippen LogP contribution in [0.4, 0.5) is 8.78 Å². The van der Waals surface area contributed by atoms with Crippen LogP contribution in [0.2, 0.25) is 0 Å². The number of carbonyl (C=O) groups is 1. The van der Waals surface area contributed by atoms with Gasteiger partial charge in [-0.05, 0) is 55.3 Å². The lowest BCUT2D eigenvalue weighted by Gasteiger charge is -2.29. The van der Waals surface area contributed by atoms with Crippen LogP contribution >= 0.6 is 0 Å². The first-order valence-electron chi connectivity index (χ1n) is 11.9. The second kappa shape index (κ2) is 11.2. The van der Waals surface area contributed by atoms with Gasteiger partial charge in [0.1, 0.15) is 17.3 Å². The Balaban J connectivity index is 1.38. The van der Waals surface area contributed by atoms with Gasteiger partial charge >= 0.3 is 5.97 Å². The van der Waals surface area contributed by atoms with Gasteiger partial charge in [0.25, 0.3) is 0 Å². The zero-order chi connectivity index (χ0) is 26.4. The van der Waals surface area contributed by atoms with Crippen LogP contribution in [0.1, 0.15) is 30.4 Å². The first-order valence-corrected chi connectivity index (χ1v) is 11.9. The summed E-state index contributed by atoms with van der Waals surface area (Å²) in [6, 6.07) is 19.6. The molecule has 0 aliphatic heterocycles. The maximum absolute atomic E-state index is 13.6. The molecule has 0 saturated carbocycles. The molecular formula is C29H27F2NO5. The van der Waals surface area contributed by atoms with Crippen molar-refractivity contribution in [1.82, 2.24) is 4.98 Å².